The van der Waals surface area contributed by atoms with E-state index in [1.807, 2.05) is 47.6 Å². The maximum Gasteiger partial charge on any atom is 0.271 e. The van der Waals surface area contributed by atoms with Crippen LogP contribution in [0, 0.1) is 5.82 Å². The monoisotopic (exact) mass is 376 g/mol. The van der Waals surface area contributed by atoms with E-state index in [2.05, 4.69) is 14.5 Å². The predicted molar refractivity (Wildman–Crippen MR) is 103 cm³/mol. The largest absolute Gasteiger partial charge is 0.337 e. The summed E-state index contributed by atoms with van der Waals surface area (Å²) in [7, 11) is 0. The molecule has 2 aliphatic heterocycles. The van der Waals surface area contributed by atoms with Gasteiger partial charge in [0.25, 0.3) is 5.91 Å². The van der Waals surface area contributed by atoms with Crippen LogP contribution in [0.2, 0.25) is 0 Å². The Hall–Kier alpha value is -2.99. The van der Waals surface area contributed by atoms with E-state index in [0.717, 1.165) is 36.6 Å². The number of aromatic nitrogens is 2. The molecule has 0 radical (unpaired) electrons. The molecule has 1 amide bonds. The Labute approximate surface area is 163 Å². The zero-order valence-corrected chi connectivity index (χ0v) is 15.4. The maximum absolute atomic E-state index is 13.3. The van der Waals surface area contributed by atoms with Gasteiger partial charge in [-0.3, -0.25) is 14.7 Å². The lowest BCUT2D eigenvalue weighted by Gasteiger charge is -2.38. The first-order valence-corrected chi connectivity index (χ1v) is 9.53. The highest BCUT2D eigenvalue weighted by Gasteiger charge is 2.44. The van der Waals surface area contributed by atoms with E-state index >= 15 is 0 Å². The van der Waals surface area contributed by atoms with Crippen molar-refractivity contribution in [1.82, 2.24) is 19.4 Å². The van der Waals surface area contributed by atoms with Crippen molar-refractivity contribution in [2.75, 3.05) is 13.1 Å². The fourth-order valence-corrected chi connectivity index (χ4v) is 4.41. The summed E-state index contributed by atoms with van der Waals surface area (Å²) in [6, 6.07) is 16.5. The standard InChI is InChI=1S/C22H21FN4O/c23-17-8-6-16(7-9-17)12-27-21-15-25(13-18-4-1-2-10-24-18)14-20(21)26-11-3-5-19(26)22(27)28/h1-11,20-21H,12-15H2/t20-,21+/m0/s1. The number of carbonyl (C=O) groups is 1. The normalized spacial score (nSPS) is 21.6. The smallest absolute Gasteiger partial charge is 0.271 e. The highest BCUT2D eigenvalue weighted by molar-refractivity contribution is 5.94. The SMILES string of the molecule is O=C1c2cccn2[C@H]2CN(Cc3ccccn3)C[C@H]2N1Cc1ccc(F)cc1. The first-order chi connectivity index (χ1) is 13.7. The van der Waals surface area contributed by atoms with E-state index in [1.54, 1.807) is 12.1 Å². The molecule has 6 heteroatoms. The Balaban J connectivity index is 1.43. The Morgan fingerprint density at radius 3 is 2.57 bits per heavy atom. The van der Waals surface area contributed by atoms with Crippen LogP contribution in [0.15, 0.2) is 67.0 Å². The number of hydrogen-bond donors (Lipinski definition) is 0. The summed E-state index contributed by atoms with van der Waals surface area (Å²) in [6.07, 6.45) is 3.82. The number of likely N-dealkylation sites (tertiary alicyclic amines) is 1. The minimum Gasteiger partial charge on any atom is -0.337 e. The molecule has 0 aliphatic carbocycles. The van der Waals surface area contributed by atoms with Gasteiger partial charge in [-0.05, 0) is 42.0 Å². The summed E-state index contributed by atoms with van der Waals surface area (Å²) in [5.41, 5.74) is 2.70. The van der Waals surface area contributed by atoms with Gasteiger partial charge in [0.2, 0.25) is 0 Å². The number of pyridine rings is 1. The van der Waals surface area contributed by atoms with Crippen LogP contribution < -0.4 is 0 Å². The van der Waals surface area contributed by atoms with Crippen molar-refractivity contribution in [2.45, 2.75) is 25.2 Å². The second kappa shape index (κ2) is 6.87. The molecule has 1 fully saturated rings. The third-order valence-corrected chi connectivity index (χ3v) is 5.73. The van der Waals surface area contributed by atoms with Gasteiger partial charge >= 0.3 is 0 Å². The van der Waals surface area contributed by atoms with Crippen LogP contribution in [-0.4, -0.2) is 44.4 Å². The Kier molecular flexibility index (Phi) is 4.20. The molecular formula is C22H21FN4O. The lowest BCUT2D eigenvalue weighted by Crippen LogP contribution is -2.49. The maximum atomic E-state index is 13.3. The fraction of sp³-hybridized carbons (Fsp3) is 0.273. The molecule has 142 valence electrons. The summed E-state index contributed by atoms with van der Waals surface area (Å²) in [4.78, 5) is 21.9. The van der Waals surface area contributed by atoms with E-state index < -0.39 is 0 Å². The molecule has 0 bridgehead atoms. The molecular weight excluding hydrogens is 355 g/mol. The van der Waals surface area contributed by atoms with E-state index in [4.69, 9.17) is 0 Å². The van der Waals surface area contributed by atoms with Crippen molar-refractivity contribution in [3.05, 3.63) is 89.8 Å². The second-order valence-electron chi connectivity index (χ2n) is 7.51. The first kappa shape index (κ1) is 17.1. The number of amides is 1. The number of nitrogens with zero attached hydrogens (tertiary/aromatic N) is 4. The number of rotatable bonds is 4. The Morgan fingerprint density at radius 1 is 0.964 bits per heavy atom. The number of fused-ring (bicyclic) bond motifs is 3. The molecule has 1 aromatic carbocycles. The van der Waals surface area contributed by atoms with E-state index in [9.17, 15) is 9.18 Å². The number of halogens is 1. The third-order valence-electron chi connectivity index (χ3n) is 5.73. The number of benzene rings is 1. The van der Waals surface area contributed by atoms with Crippen LogP contribution >= 0.6 is 0 Å². The van der Waals surface area contributed by atoms with Crippen molar-refractivity contribution in [3.8, 4) is 0 Å². The third kappa shape index (κ3) is 2.99. The van der Waals surface area contributed by atoms with Crippen molar-refractivity contribution in [1.29, 1.82) is 0 Å². The van der Waals surface area contributed by atoms with Crippen LogP contribution in [0.25, 0.3) is 0 Å². The van der Waals surface area contributed by atoms with Gasteiger partial charge < -0.3 is 9.47 Å². The molecule has 0 saturated carbocycles. The van der Waals surface area contributed by atoms with Gasteiger partial charge in [-0.15, -0.1) is 0 Å². The van der Waals surface area contributed by atoms with Gasteiger partial charge in [0, 0.05) is 38.6 Å². The van der Waals surface area contributed by atoms with Gasteiger partial charge in [-0.2, -0.15) is 0 Å². The van der Waals surface area contributed by atoms with E-state index in [0.29, 0.717) is 6.54 Å². The summed E-state index contributed by atoms with van der Waals surface area (Å²) >= 11 is 0. The lowest BCUT2D eigenvalue weighted by molar-refractivity contribution is 0.0556. The number of carbonyl (C=O) groups excluding carboxylic acids is 1. The summed E-state index contributed by atoms with van der Waals surface area (Å²) in [6.45, 7) is 2.92. The van der Waals surface area contributed by atoms with Crippen molar-refractivity contribution in [3.63, 3.8) is 0 Å². The van der Waals surface area contributed by atoms with Crippen molar-refractivity contribution >= 4 is 5.91 Å². The van der Waals surface area contributed by atoms with Gasteiger partial charge in [0.1, 0.15) is 11.5 Å². The second-order valence-corrected chi connectivity index (χ2v) is 7.51. The van der Waals surface area contributed by atoms with Crippen molar-refractivity contribution in [2.24, 2.45) is 0 Å². The molecule has 0 unspecified atom stereocenters. The molecule has 5 rings (SSSR count). The van der Waals surface area contributed by atoms with Gasteiger partial charge in [-0.1, -0.05) is 18.2 Å². The Bertz CT molecular complexity index is 985. The molecule has 1 saturated heterocycles. The summed E-state index contributed by atoms with van der Waals surface area (Å²) in [5, 5.41) is 0. The number of hydrogen-bond acceptors (Lipinski definition) is 3. The average molecular weight is 376 g/mol. The molecule has 2 aromatic heterocycles. The molecule has 5 nitrogen and oxygen atoms in total. The van der Waals surface area contributed by atoms with Crippen LogP contribution in [-0.2, 0) is 13.1 Å². The van der Waals surface area contributed by atoms with Crippen LogP contribution in [0.4, 0.5) is 4.39 Å². The van der Waals surface area contributed by atoms with Gasteiger partial charge in [0.15, 0.2) is 0 Å². The van der Waals surface area contributed by atoms with Gasteiger partial charge in [0.05, 0.1) is 17.8 Å². The van der Waals surface area contributed by atoms with Crippen molar-refractivity contribution < 1.29 is 9.18 Å². The van der Waals surface area contributed by atoms with Crippen LogP contribution in [0.5, 0.6) is 0 Å². The highest BCUT2D eigenvalue weighted by atomic mass is 19.1. The summed E-state index contributed by atoms with van der Waals surface area (Å²) < 4.78 is 15.4. The molecule has 2 aliphatic rings. The van der Waals surface area contributed by atoms with Crippen LogP contribution in [0.1, 0.15) is 27.8 Å². The zero-order valence-electron chi connectivity index (χ0n) is 15.4. The molecule has 3 aromatic rings. The molecule has 2 atom stereocenters. The Morgan fingerprint density at radius 2 is 1.79 bits per heavy atom. The summed E-state index contributed by atoms with van der Waals surface area (Å²) in [5.74, 6) is -0.224. The minimum absolute atomic E-state index is 0.0373. The lowest BCUT2D eigenvalue weighted by atomic mass is 10.0. The molecule has 4 heterocycles. The highest BCUT2D eigenvalue weighted by Crippen LogP contribution is 2.35. The van der Waals surface area contributed by atoms with Gasteiger partial charge in [-0.25, -0.2) is 4.39 Å². The topological polar surface area (TPSA) is 41.4 Å². The van der Waals surface area contributed by atoms with E-state index in [1.165, 1.54) is 12.1 Å². The fourth-order valence-electron chi connectivity index (χ4n) is 4.41. The van der Waals surface area contributed by atoms with Crippen LogP contribution in [0.3, 0.4) is 0 Å². The van der Waals surface area contributed by atoms with E-state index in [-0.39, 0.29) is 23.8 Å². The predicted octanol–water partition coefficient (Wildman–Crippen LogP) is 3.10. The molecule has 0 spiro atoms. The quantitative estimate of drug-likeness (QED) is 0.703. The average Bonchev–Trinajstić information content (AvgIpc) is 3.34. The first-order valence-electron chi connectivity index (χ1n) is 9.53. The minimum atomic E-state index is -0.261. The molecule has 28 heavy (non-hydrogen) atoms. The zero-order chi connectivity index (χ0) is 19.1. The molecule has 0 N–H and O–H groups in total.